The van der Waals surface area contributed by atoms with E-state index < -0.39 is 0 Å². The van der Waals surface area contributed by atoms with Crippen LogP contribution in [-0.2, 0) is 11.2 Å². The molecule has 29 heavy (non-hydrogen) atoms. The minimum Gasteiger partial charge on any atom is -0.355 e. The average Bonchev–Trinajstić information content (AvgIpc) is 3.48. The highest BCUT2D eigenvalue weighted by atomic mass is 32.2. The molecule has 1 aliphatic rings. The molecule has 6 nitrogen and oxygen atoms in total. The lowest BCUT2D eigenvalue weighted by atomic mass is 10.2. The third-order valence-corrected chi connectivity index (χ3v) is 7.93. The Bertz CT molecular complexity index is 931. The van der Waals surface area contributed by atoms with Gasteiger partial charge < -0.3 is 9.88 Å². The van der Waals surface area contributed by atoms with Crippen LogP contribution in [0.2, 0.25) is 0 Å². The van der Waals surface area contributed by atoms with Crippen LogP contribution in [0.5, 0.6) is 0 Å². The van der Waals surface area contributed by atoms with Crippen LogP contribution in [0.3, 0.4) is 0 Å². The Morgan fingerprint density at radius 2 is 2.10 bits per heavy atom. The fourth-order valence-electron chi connectivity index (χ4n) is 3.71. The number of hydrogen-bond acceptors (Lipinski definition) is 7. The van der Waals surface area contributed by atoms with Crippen molar-refractivity contribution in [2.24, 2.45) is 0 Å². The number of para-hydroxylation sites is 1. The molecule has 2 aromatic heterocycles. The van der Waals surface area contributed by atoms with Gasteiger partial charge in [0, 0.05) is 19.0 Å². The van der Waals surface area contributed by atoms with Crippen molar-refractivity contribution in [3.8, 4) is 0 Å². The van der Waals surface area contributed by atoms with E-state index in [9.17, 15) is 4.79 Å². The van der Waals surface area contributed by atoms with Crippen LogP contribution >= 0.6 is 34.9 Å². The number of thiazole rings is 1. The fraction of sp³-hybridized carbons (Fsp3) is 0.500. The van der Waals surface area contributed by atoms with Crippen LogP contribution in [-0.4, -0.2) is 44.2 Å². The van der Waals surface area contributed by atoms with E-state index in [-0.39, 0.29) is 5.91 Å². The van der Waals surface area contributed by atoms with Gasteiger partial charge >= 0.3 is 0 Å². The smallest absolute Gasteiger partial charge is 0.230 e. The molecule has 1 saturated carbocycles. The largest absolute Gasteiger partial charge is 0.355 e. The number of fused-ring (bicyclic) bond motifs is 1. The molecule has 0 atom stereocenters. The molecule has 9 heteroatoms. The van der Waals surface area contributed by atoms with E-state index in [1.54, 1.807) is 23.1 Å². The number of hydrogen-bond donors (Lipinski definition) is 1. The van der Waals surface area contributed by atoms with Gasteiger partial charge in [-0.05, 0) is 37.7 Å². The normalized spacial score (nSPS) is 14.7. The second kappa shape index (κ2) is 9.95. The molecule has 1 aromatic carbocycles. The second-order valence-electron chi connectivity index (χ2n) is 7.10. The van der Waals surface area contributed by atoms with Crippen LogP contribution < -0.4 is 5.32 Å². The molecule has 154 valence electrons. The number of aromatic nitrogens is 4. The molecular formula is C20H25N5OS3. The van der Waals surface area contributed by atoms with Gasteiger partial charge in [0.2, 0.25) is 5.91 Å². The maximum Gasteiger partial charge on any atom is 0.230 e. The van der Waals surface area contributed by atoms with E-state index in [0.717, 1.165) is 38.4 Å². The zero-order valence-corrected chi connectivity index (χ0v) is 18.9. The number of nitrogens with one attached hydrogen (secondary N) is 1. The zero-order valence-electron chi connectivity index (χ0n) is 16.5. The summed E-state index contributed by atoms with van der Waals surface area (Å²) in [6.45, 7) is 0.658. The lowest BCUT2D eigenvalue weighted by Crippen LogP contribution is -2.26. The summed E-state index contributed by atoms with van der Waals surface area (Å²) in [5, 5.41) is 12.8. The number of nitrogens with zero attached hydrogens (tertiary/aromatic N) is 4. The first-order valence-electron chi connectivity index (χ1n) is 9.97. The predicted molar refractivity (Wildman–Crippen MR) is 121 cm³/mol. The molecule has 4 rings (SSSR count). The minimum absolute atomic E-state index is 0.0521. The molecule has 2 heterocycles. The summed E-state index contributed by atoms with van der Waals surface area (Å²) in [4.78, 5) is 16.7. The SMILES string of the molecule is CSc1nnc(CCCNC(=O)CSc2nc3ccccc3s2)n1C1CCCC1. The predicted octanol–water partition coefficient (Wildman–Crippen LogP) is 4.57. The summed E-state index contributed by atoms with van der Waals surface area (Å²) in [7, 11) is 0. The van der Waals surface area contributed by atoms with Gasteiger partial charge in [0.1, 0.15) is 5.82 Å². The number of thioether (sulfide) groups is 2. The standard InChI is InChI=1S/C20H25N5OS3/c1-27-19-24-23-17(25(19)14-7-2-3-8-14)11-6-12-21-18(26)13-28-20-22-15-9-4-5-10-16(15)29-20/h4-5,9-10,14H,2-3,6-8,11-13H2,1H3,(H,21,26). The molecule has 3 aromatic rings. The summed E-state index contributed by atoms with van der Waals surface area (Å²) < 4.78 is 4.43. The summed E-state index contributed by atoms with van der Waals surface area (Å²) in [6, 6.07) is 8.60. The van der Waals surface area contributed by atoms with Crippen molar-refractivity contribution < 1.29 is 4.79 Å². The van der Waals surface area contributed by atoms with E-state index in [4.69, 9.17) is 0 Å². The van der Waals surface area contributed by atoms with E-state index in [1.807, 2.05) is 18.2 Å². The van der Waals surface area contributed by atoms with Gasteiger partial charge in [-0.3, -0.25) is 4.79 Å². The van der Waals surface area contributed by atoms with Crippen LogP contribution in [0.25, 0.3) is 10.2 Å². The number of aryl methyl sites for hydroxylation is 1. The highest BCUT2D eigenvalue weighted by Crippen LogP contribution is 2.33. The maximum absolute atomic E-state index is 12.2. The first kappa shape index (κ1) is 20.7. The average molecular weight is 448 g/mol. The van der Waals surface area contributed by atoms with Gasteiger partial charge in [0.05, 0.1) is 16.0 Å². The first-order chi connectivity index (χ1) is 14.2. The van der Waals surface area contributed by atoms with Crippen LogP contribution in [0.1, 0.15) is 44.0 Å². The van der Waals surface area contributed by atoms with Crippen molar-refractivity contribution in [3.05, 3.63) is 30.1 Å². The Kier molecular flexibility index (Phi) is 7.10. The topological polar surface area (TPSA) is 72.7 Å². The molecule has 1 fully saturated rings. The van der Waals surface area contributed by atoms with E-state index in [2.05, 4.69) is 37.4 Å². The van der Waals surface area contributed by atoms with Crippen LogP contribution in [0.4, 0.5) is 0 Å². The van der Waals surface area contributed by atoms with Gasteiger partial charge in [0.25, 0.3) is 0 Å². The minimum atomic E-state index is 0.0521. The first-order valence-corrected chi connectivity index (χ1v) is 13.0. The van der Waals surface area contributed by atoms with Gasteiger partial charge in [-0.25, -0.2) is 4.98 Å². The second-order valence-corrected chi connectivity index (χ2v) is 10.1. The van der Waals surface area contributed by atoms with Crippen molar-refractivity contribution in [2.45, 2.75) is 54.1 Å². The highest BCUT2D eigenvalue weighted by Gasteiger charge is 2.23. The van der Waals surface area contributed by atoms with E-state index >= 15 is 0 Å². The Labute approximate surface area is 183 Å². The third kappa shape index (κ3) is 5.13. The van der Waals surface area contributed by atoms with Crippen molar-refractivity contribution in [1.82, 2.24) is 25.1 Å². The molecule has 0 aliphatic heterocycles. The Hall–Kier alpha value is -1.58. The zero-order chi connectivity index (χ0) is 20.1. The quantitative estimate of drug-likeness (QED) is 0.383. The third-order valence-electron chi connectivity index (χ3n) is 5.11. The van der Waals surface area contributed by atoms with Crippen molar-refractivity contribution in [3.63, 3.8) is 0 Å². The number of amides is 1. The summed E-state index contributed by atoms with van der Waals surface area (Å²) >= 11 is 4.80. The van der Waals surface area contributed by atoms with E-state index in [0.29, 0.717) is 18.3 Å². The van der Waals surface area contributed by atoms with Gasteiger partial charge in [-0.2, -0.15) is 0 Å². The van der Waals surface area contributed by atoms with Crippen molar-refractivity contribution in [2.75, 3.05) is 18.6 Å². The van der Waals surface area contributed by atoms with Gasteiger partial charge in [0.15, 0.2) is 9.50 Å². The van der Waals surface area contributed by atoms with Gasteiger partial charge in [-0.15, -0.1) is 21.5 Å². The van der Waals surface area contributed by atoms with E-state index in [1.165, 1.54) is 37.4 Å². The lowest BCUT2D eigenvalue weighted by Gasteiger charge is -2.16. The molecule has 1 aliphatic carbocycles. The fourth-order valence-corrected chi connectivity index (χ4v) is 6.18. The molecule has 1 amide bonds. The monoisotopic (exact) mass is 447 g/mol. The number of carbonyl (C=O) groups is 1. The lowest BCUT2D eigenvalue weighted by molar-refractivity contribution is -0.118. The van der Waals surface area contributed by atoms with Gasteiger partial charge in [-0.1, -0.05) is 48.5 Å². The number of carbonyl (C=O) groups excluding carboxylic acids is 1. The Balaban J connectivity index is 1.22. The van der Waals surface area contributed by atoms with Crippen molar-refractivity contribution in [1.29, 1.82) is 0 Å². The molecule has 1 N–H and O–H groups in total. The molecular weight excluding hydrogens is 422 g/mol. The maximum atomic E-state index is 12.2. The van der Waals surface area contributed by atoms with Crippen LogP contribution in [0.15, 0.2) is 33.8 Å². The number of benzene rings is 1. The molecule has 0 saturated heterocycles. The summed E-state index contributed by atoms with van der Waals surface area (Å²) in [5.74, 6) is 1.50. The van der Waals surface area contributed by atoms with Crippen molar-refractivity contribution >= 4 is 51.0 Å². The van der Waals surface area contributed by atoms with Crippen LogP contribution in [0, 0.1) is 0 Å². The molecule has 0 spiro atoms. The highest BCUT2D eigenvalue weighted by molar-refractivity contribution is 8.01. The summed E-state index contributed by atoms with van der Waals surface area (Å²) in [5.41, 5.74) is 0.997. The molecule has 0 radical (unpaired) electrons. The number of rotatable bonds is 9. The summed E-state index contributed by atoms with van der Waals surface area (Å²) in [6.07, 6.45) is 8.79. The molecule has 0 bridgehead atoms. The Morgan fingerprint density at radius 3 is 2.90 bits per heavy atom. The Morgan fingerprint density at radius 1 is 1.28 bits per heavy atom. The molecule has 0 unspecified atom stereocenters.